The summed E-state index contributed by atoms with van der Waals surface area (Å²) in [5.74, 6) is -0.372. The van der Waals surface area contributed by atoms with E-state index < -0.39 is 43.2 Å². The van der Waals surface area contributed by atoms with Gasteiger partial charge in [0, 0.05) is 13.0 Å². The van der Waals surface area contributed by atoms with E-state index in [9.17, 15) is 25.3 Å². The first kappa shape index (κ1) is 18.4. The molecular weight excluding hydrogens is 324 g/mol. The SMILES string of the molecule is CC(=O)NC1C(Oc2cccc(N([O-])O)c2)OC(CO)C(O)C1O. The third kappa shape index (κ3) is 4.12. The van der Waals surface area contributed by atoms with Gasteiger partial charge in [0.15, 0.2) is 0 Å². The van der Waals surface area contributed by atoms with Crippen LogP contribution in [0.5, 0.6) is 5.75 Å². The molecule has 1 amide bonds. The maximum Gasteiger partial charge on any atom is 0.223 e. The first-order chi connectivity index (χ1) is 11.3. The van der Waals surface area contributed by atoms with Gasteiger partial charge in [0.05, 0.1) is 12.3 Å². The van der Waals surface area contributed by atoms with Crippen LogP contribution >= 0.6 is 0 Å². The monoisotopic (exact) mass is 343 g/mol. The molecule has 1 aliphatic heterocycles. The molecule has 134 valence electrons. The van der Waals surface area contributed by atoms with Gasteiger partial charge in [-0.1, -0.05) is 6.07 Å². The quantitative estimate of drug-likeness (QED) is 0.410. The zero-order chi connectivity index (χ0) is 17.9. The number of nitrogens with zero attached hydrogens (tertiary/aromatic N) is 1. The number of nitrogens with one attached hydrogen (secondary N) is 1. The highest BCUT2D eigenvalue weighted by atomic mass is 16.8. The van der Waals surface area contributed by atoms with E-state index in [1.807, 2.05) is 0 Å². The topological polar surface area (TPSA) is 155 Å². The number of anilines is 1. The first-order valence-corrected chi connectivity index (χ1v) is 7.16. The van der Waals surface area contributed by atoms with Crippen molar-refractivity contribution in [2.75, 3.05) is 11.8 Å². The molecule has 5 unspecified atom stereocenters. The summed E-state index contributed by atoms with van der Waals surface area (Å²) in [6.07, 6.45) is -5.22. The highest BCUT2D eigenvalue weighted by Gasteiger charge is 2.46. The number of hydrogen-bond donors (Lipinski definition) is 5. The third-order valence-corrected chi connectivity index (χ3v) is 3.54. The van der Waals surface area contributed by atoms with Crippen molar-refractivity contribution >= 4 is 11.6 Å². The van der Waals surface area contributed by atoms with Crippen LogP contribution in [0, 0.1) is 5.21 Å². The van der Waals surface area contributed by atoms with Crippen LogP contribution in [0.4, 0.5) is 5.69 Å². The highest BCUT2D eigenvalue weighted by Crippen LogP contribution is 2.26. The number of aliphatic hydroxyl groups excluding tert-OH is 3. The number of rotatable bonds is 5. The van der Waals surface area contributed by atoms with Gasteiger partial charge in [-0.05, 0) is 12.1 Å². The van der Waals surface area contributed by atoms with Crippen LogP contribution in [0.15, 0.2) is 24.3 Å². The lowest BCUT2D eigenvalue weighted by Crippen LogP contribution is -2.65. The number of benzene rings is 1. The molecule has 0 spiro atoms. The zero-order valence-electron chi connectivity index (χ0n) is 12.8. The zero-order valence-corrected chi connectivity index (χ0v) is 12.8. The van der Waals surface area contributed by atoms with Crippen molar-refractivity contribution in [3.8, 4) is 5.75 Å². The molecule has 0 aromatic heterocycles. The predicted octanol–water partition coefficient (Wildman–Crippen LogP) is -1.30. The van der Waals surface area contributed by atoms with Crippen molar-refractivity contribution in [1.29, 1.82) is 0 Å². The summed E-state index contributed by atoms with van der Waals surface area (Å²) in [5, 5.41) is 51.2. The molecule has 5 N–H and O–H groups in total. The molecule has 1 heterocycles. The molecule has 1 saturated heterocycles. The Balaban J connectivity index is 2.22. The fraction of sp³-hybridized carbons (Fsp3) is 0.500. The number of ether oxygens (including phenoxy) is 2. The van der Waals surface area contributed by atoms with Crippen LogP contribution in [-0.2, 0) is 9.53 Å². The van der Waals surface area contributed by atoms with Gasteiger partial charge in [0.25, 0.3) is 0 Å². The summed E-state index contributed by atoms with van der Waals surface area (Å²) in [4.78, 5) is 11.3. The van der Waals surface area contributed by atoms with Gasteiger partial charge in [0.1, 0.15) is 30.1 Å². The average molecular weight is 343 g/mol. The minimum atomic E-state index is -1.44. The summed E-state index contributed by atoms with van der Waals surface area (Å²) < 4.78 is 10.9. The van der Waals surface area contributed by atoms with Crippen molar-refractivity contribution in [3.05, 3.63) is 29.5 Å². The van der Waals surface area contributed by atoms with Gasteiger partial charge in [-0.2, -0.15) is 0 Å². The molecule has 0 radical (unpaired) electrons. The molecule has 10 nitrogen and oxygen atoms in total. The number of hydrogen-bond acceptors (Lipinski definition) is 9. The Morgan fingerprint density at radius 1 is 1.42 bits per heavy atom. The van der Waals surface area contributed by atoms with E-state index >= 15 is 0 Å². The van der Waals surface area contributed by atoms with Crippen molar-refractivity contribution in [2.24, 2.45) is 0 Å². The van der Waals surface area contributed by atoms with Crippen LogP contribution < -0.4 is 15.3 Å². The fourth-order valence-corrected chi connectivity index (χ4v) is 2.38. The van der Waals surface area contributed by atoms with Gasteiger partial charge in [-0.25, -0.2) is 0 Å². The Hall–Kier alpha value is -1.95. The van der Waals surface area contributed by atoms with E-state index in [2.05, 4.69) is 5.32 Å². The van der Waals surface area contributed by atoms with E-state index in [1.54, 1.807) is 0 Å². The van der Waals surface area contributed by atoms with E-state index in [-0.39, 0.29) is 16.7 Å². The summed E-state index contributed by atoms with van der Waals surface area (Å²) in [6.45, 7) is 0.645. The number of carbonyl (C=O) groups is 1. The van der Waals surface area contributed by atoms with Crippen molar-refractivity contribution in [2.45, 2.75) is 37.6 Å². The van der Waals surface area contributed by atoms with Crippen LogP contribution in [-0.4, -0.2) is 63.7 Å². The molecule has 1 fully saturated rings. The summed E-state index contributed by atoms with van der Waals surface area (Å²) in [5.41, 5.74) is -0.0984. The van der Waals surface area contributed by atoms with Gasteiger partial charge in [-0.3, -0.25) is 10.0 Å². The second-order valence-corrected chi connectivity index (χ2v) is 5.32. The van der Waals surface area contributed by atoms with Crippen LogP contribution in [0.1, 0.15) is 6.92 Å². The van der Waals surface area contributed by atoms with Crippen LogP contribution in [0.2, 0.25) is 0 Å². The Labute approximate surface area is 137 Å². The molecule has 24 heavy (non-hydrogen) atoms. The van der Waals surface area contributed by atoms with E-state index in [4.69, 9.17) is 14.7 Å². The minimum absolute atomic E-state index is 0.0984. The van der Waals surface area contributed by atoms with Gasteiger partial charge in [-0.15, -0.1) is 0 Å². The molecule has 1 aromatic rings. The summed E-state index contributed by atoms with van der Waals surface area (Å²) in [7, 11) is 0. The van der Waals surface area contributed by atoms with Gasteiger partial charge >= 0.3 is 0 Å². The van der Waals surface area contributed by atoms with Crippen LogP contribution in [0.3, 0.4) is 0 Å². The largest absolute Gasteiger partial charge is 0.733 e. The normalized spacial score (nSPS) is 29.8. The summed E-state index contributed by atoms with van der Waals surface area (Å²) in [6, 6.07) is 4.35. The smallest absolute Gasteiger partial charge is 0.223 e. The molecule has 2 rings (SSSR count). The molecule has 1 aromatic carbocycles. The van der Waals surface area contributed by atoms with Crippen LogP contribution in [0.25, 0.3) is 0 Å². The standard InChI is InChI=1S/C14H19N2O8/c1-7(18)15-11-13(20)12(19)10(6-17)24-14(11)23-9-4-2-3-8(5-9)16(21)22/h2-5,10-14,17,19-21H,6H2,1H3,(H,15,18)/q-1. The lowest BCUT2D eigenvalue weighted by atomic mass is 9.97. The third-order valence-electron chi connectivity index (χ3n) is 3.54. The average Bonchev–Trinajstić information content (AvgIpc) is 2.54. The molecule has 5 atom stereocenters. The molecular formula is C14H19N2O8-. The predicted molar refractivity (Wildman–Crippen MR) is 80.1 cm³/mol. The van der Waals surface area contributed by atoms with E-state index in [0.717, 1.165) is 0 Å². The lowest BCUT2D eigenvalue weighted by Gasteiger charge is -2.42. The lowest BCUT2D eigenvalue weighted by molar-refractivity contribution is -0.244. The number of amides is 1. The molecule has 0 aliphatic carbocycles. The Morgan fingerprint density at radius 2 is 2.12 bits per heavy atom. The van der Waals surface area contributed by atoms with Crippen molar-refractivity contribution in [1.82, 2.24) is 5.32 Å². The van der Waals surface area contributed by atoms with Gasteiger partial charge in [0.2, 0.25) is 12.2 Å². The van der Waals surface area contributed by atoms with Gasteiger partial charge < -0.3 is 40.5 Å². The van der Waals surface area contributed by atoms with E-state index in [1.165, 1.54) is 31.2 Å². The highest BCUT2D eigenvalue weighted by molar-refractivity contribution is 5.73. The second-order valence-electron chi connectivity index (χ2n) is 5.32. The number of aliphatic hydroxyl groups is 3. The molecule has 10 heteroatoms. The maximum absolute atomic E-state index is 11.3. The first-order valence-electron chi connectivity index (χ1n) is 7.16. The Kier molecular flexibility index (Phi) is 5.94. The maximum atomic E-state index is 11.3. The minimum Gasteiger partial charge on any atom is -0.733 e. The molecule has 0 bridgehead atoms. The second kappa shape index (κ2) is 7.75. The molecule has 1 aliphatic rings. The Bertz CT molecular complexity index is 569. The van der Waals surface area contributed by atoms with Crippen molar-refractivity contribution < 1.29 is 34.8 Å². The fourth-order valence-electron chi connectivity index (χ4n) is 2.38. The summed E-state index contributed by atoms with van der Waals surface area (Å²) >= 11 is 0. The van der Waals surface area contributed by atoms with E-state index in [0.29, 0.717) is 0 Å². The number of carbonyl (C=O) groups excluding carboxylic acids is 1. The van der Waals surface area contributed by atoms with Crippen molar-refractivity contribution in [3.63, 3.8) is 0 Å². The Morgan fingerprint density at radius 3 is 2.71 bits per heavy atom. The molecule has 0 saturated carbocycles.